The first-order valence-electron chi connectivity index (χ1n) is 8.40. The lowest BCUT2D eigenvalue weighted by molar-refractivity contribution is 0.0569. The number of nitrogens with two attached hydrogens (primary N) is 1. The summed E-state index contributed by atoms with van der Waals surface area (Å²) in [6.45, 7) is 7.10. The molecule has 2 atom stereocenters. The molecule has 0 saturated carbocycles. The Kier molecular flexibility index (Phi) is 7.43. The molecule has 0 radical (unpaired) electrons. The number of rotatable bonds is 7. The van der Waals surface area contributed by atoms with Crippen LogP contribution in [0.4, 0.5) is 11.6 Å². The average Bonchev–Trinajstić information content (AvgIpc) is 2.55. The third-order valence-corrected chi connectivity index (χ3v) is 6.38. The highest BCUT2D eigenvalue weighted by Crippen LogP contribution is 2.34. The van der Waals surface area contributed by atoms with Crippen molar-refractivity contribution >= 4 is 53.5 Å². The molecule has 0 amide bonds. The Morgan fingerprint density at radius 3 is 2.36 bits per heavy atom. The van der Waals surface area contributed by atoms with Crippen LogP contribution in [0.2, 0.25) is 0 Å². The van der Waals surface area contributed by atoms with E-state index in [0.717, 1.165) is 0 Å². The number of nitrogens with one attached hydrogen (secondary N) is 1. The van der Waals surface area contributed by atoms with E-state index in [9.17, 15) is 13.5 Å². The van der Waals surface area contributed by atoms with E-state index >= 15 is 0 Å². The Hall–Kier alpha value is -1.27. The molecule has 28 heavy (non-hydrogen) atoms. The average molecular weight is 538 g/mol. The van der Waals surface area contributed by atoms with Crippen LogP contribution < -0.4 is 15.2 Å². The van der Waals surface area contributed by atoms with Gasteiger partial charge in [0, 0.05) is 10.2 Å². The van der Waals surface area contributed by atoms with E-state index in [2.05, 4.69) is 47.1 Å². The van der Waals surface area contributed by atoms with Gasteiger partial charge in [-0.2, -0.15) is 4.98 Å². The lowest BCUT2D eigenvalue weighted by Crippen LogP contribution is -2.26. The maximum Gasteiger partial charge on any atom is 0.239 e. The molecule has 1 heterocycles. The van der Waals surface area contributed by atoms with Gasteiger partial charge < -0.3 is 15.2 Å². The van der Waals surface area contributed by atoms with Gasteiger partial charge in [0.15, 0.2) is 0 Å². The highest BCUT2D eigenvalue weighted by atomic mass is 79.9. The Balaban J connectivity index is 2.41. The summed E-state index contributed by atoms with van der Waals surface area (Å²) in [6.07, 6.45) is 0.389. The molecule has 0 bridgehead atoms. The Morgan fingerprint density at radius 1 is 1.18 bits per heavy atom. The zero-order chi connectivity index (χ0) is 21.2. The van der Waals surface area contributed by atoms with Gasteiger partial charge in [0.1, 0.15) is 6.10 Å². The van der Waals surface area contributed by atoms with Crippen LogP contribution in [-0.4, -0.2) is 35.7 Å². The first kappa shape index (κ1) is 23.0. The predicted molar refractivity (Wildman–Crippen MR) is 114 cm³/mol. The summed E-state index contributed by atoms with van der Waals surface area (Å²) in [7, 11) is -3.89. The summed E-state index contributed by atoms with van der Waals surface area (Å²) in [5.41, 5.74) is 1.15. The Labute approximate surface area is 181 Å². The van der Waals surface area contributed by atoms with Gasteiger partial charge in [-0.1, -0.05) is 13.8 Å². The van der Waals surface area contributed by atoms with E-state index in [-0.39, 0.29) is 22.6 Å². The maximum atomic E-state index is 11.9. The van der Waals surface area contributed by atoms with E-state index in [1.807, 2.05) is 13.8 Å². The molecule has 154 valence electrons. The number of ether oxygens (including phenoxy) is 1. The second-order valence-corrected chi connectivity index (χ2v) is 9.82. The standard InChI is InChI=1S/C17H22Br2N4O4S/c1-8(2)12-5-11(6-13(18)15(12)28(20,25)26)22-17-21-7-14(19)16(23-17)27-10(4)9(3)24/h5-10,24H,1-4H3,(H2,20,25,26)(H,21,22,23)/t9-,10-/m1/s1. The number of primary sulfonamides is 1. The number of hydrogen-bond acceptors (Lipinski definition) is 7. The summed E-state index contributed by atoms with van der Waals surface area (Å²) in [6, 6.07) is 3.29. The van der Waals surface area contributed by atoms with Gasteiger partial charge in [-0.25, -0.2) is 18.5 Å². The number of aromatic nitrogens is 2. The third-order valence-electron chi connectivity index (χ3n) is 3.92. The van der Waals surface area contributed by atoms with Crippen molar-refractivity contribution in [2.24, 2.45) is 5.14 Å². The largest absolute Gasteiger partial charge is 0.471 e. The second kappa shape index (κ2) is 9.04. The Bertz CT molecular complexity index is 968. The van der Waals surface area contributed by atoms with Crippen LogP contribution in [-0.2, 0) is 10.0 Å². The fourth-order valence-corrected chi connectivity index (χ4v) is 4.70. The smallest absolute Gasteiger partial charge is 0.239 e. The number of benzene rings is 1. The summed E-state index contributed by atoms with van der Waals surface area (Å²) in [5, 5.41) is 18.0. The second-order valence-electron chi connectivity index (χ2n) is 6.61. The monoisotopic (exact) mass is 536 g/mol. The van der Waals surface area contributed by atoms with Crippen molar-refractivity contribution in [2.75, 3.05) is 5.32 Å². The zero-order valence-electron chi connectivity index (χ0n) is 15.8. The van der Waals surface area contributed by atoms with Gasteiger partial charge in [-0.15, -0.1) is 0 Å². The maximum absolute atomic E-state index is 11.9. The van der Waals surface area contributed by atoms with Crippen LogP contribution in [0.3, 0.4) is 0 Å². The molecule has 0 saturated heterocycles. The number of aliphatic hydroxyl groups is 1. The van der Waals surface area contributed by atoms with Crippen molar-refractivity contribution < 1.29 is 18.3 Å². The molecule has 1 aromatic carbocycles. The molecule has 0 spiro atoms. The van der Waals surface area contributed by atoms with E-state index in [0.29, 0.717) is 20.2 Å². The molecular formula is C17H22Br2N4O4S. The van der Waals surface area contributed by atoms with E-state index in [1.165, 1.54) is 6.20 Å². The first-order chi connectivity index (χ1) is 12.9. The van der Waals surface area contributed by atoms with Crippen molar-refractivity contribution in [3.8, 4) is 5.88 Å². The van der Waals surface area contributed by atoms with E-state index in [4.69, 9.17) is 9.88 Å². The molecule has 0 aliphatic carbocycles. The van der Waals surface area contributed by atoms with Crippen LogP contribution in [0.5, 0.6) is 5.88 Å². The zero-order valence-corrected chi connectivity index (χ0v) is 19.8. The SMILES string of the molecule is CC(C)c1cc(Nc2ncc(Br)c(O[C@H](C)[C@@H](C)O)n2)cc(Br)c1S(N)(=O)=O. The molecule has 8 nitrogen and oxygen atoms in total. The first-order valence-corrected chi connectivity index (χ1v) is 11.5. The fourth-order valence-electron chi connectivity index (χ4n) is 2.31. The lowest BCUT2D eigenvalue weighted by Gasteiger charge is -2.18. The van der Waals surface area contributed by atoms with Gasteiger partial charge >= 0.3 is 0 Å². The van der Waals surface area contributed by atoms with Gasteiger partial charge in [0.05, 0.1) is 21.7 Å². The summed E-state index contributed by atoms with van der Waals surface area (Å²) < 4.78 is 30.4. The molecule has 4 N–H and O–H groups in total. The quantitative estimate of drug-likeness (QED) is 0.491. The van der Waals surface area contributed by atoms with Crippen molar-refractivity contribution in [3.63, 3.8) is 0 Å². The van der Waals surface area contributed by atoms with E-state index < -0.39 is 22.2 Å². The summed E-state index contributed by atoms with van der Waals surface area (Å²) in [5.74, 6) is 0.444. The predicted octanol–water partition coefficient (Wildman–Crippen LogP) is 3.66. The molecule has 0 unspecified atom stereocenters. The number of halogens is 2. The van der Waals surface area contributed by atoms with Crippen LogP contribution in [0.1, 0.15) is 39.2 Å². The normalized spacial score (nSPS) is 14.0. The van der Waals surface area contributed by atoms with Gasteiger partial charge in [-0.05, 0) is 69.3 Å². The van der Waals surface area contributed by atoms with Crippen molar-refractivity contribution in [2.45, 2.75) is 50.7 Å². The Morgan fingerprint density at radius 2 is 1.82 bits per heavy atom. The number of aliphatic hydroxyl groups excluding tert-OH is 1. The highest BCUT2D eigenvalue weighted by molar-refractivity contribution is 9.10. The van der Waals surface area contributed by atoms with Crippen LogP contribution in [0.25, 0.3) is 0 Å². The minimum absolute atomic E-state index is 0.0551. The topological polar surface area (TPSA) is 127 Å². The third kappa shape index (κ3) is 5.63. The number of hydrogen-bond donors (Lipinski definition) is 3. The van der Waals surface area contributed by atoms with Crippen LogP contribution in [0, 0.1) is 0 Å². The van der Waals surface area contributed by atoms with Crippen molar-refractivity contribution in [1.82, 2.24) is 9.97 Å². The van der Waals surface area contributed by atoms with Crippen molar-refractivity contribution in [3.05, 3.63) is 32.8 Å². The minimum atomic E-state index is -3.89. The van der Waals surface area contributed by atoms with Gasteiger partial charge in [0.2, 0.25) is 21.9 Å². The molecule has 11 heteroatoms. The summed E-state index contributed by atoms with van der Waals surface area (Å²) >= 11 is 6.61. The molecule has 2 aromatic rings. The number of anilines is 2. The molecule has 0 aliphatic rings. The molecule has 2 rings (SSSR count). The molecule has 0 fully saturated rings. The van der Waals surface area contributed by atoms with Gasteiger partial charge in [0.25, 0.3) is 0 Å². The highest BCUT2D eigenvalue weighted by Gasteiger charge is 2.22. The van der Waals surface area contributed by atoms with Gasteiger partial charge in [-0.3, -0.25) is 0 Å². The molecular weight excluding hydrogens is 516 g/mol. The lowest BCUT2D eigenvalue weighted by atomic mass is 10.0. The fraction of sp³-hybridized carbons (Fsp3) is 0.412. The number of sulfonamides is 1. The van der Waals surface area contributed by atoms with Crippen molar-refractivity contribution in [1.29, 1.82) is 0 Å². The summed E-state index contributed by atoms with van der Waals surface area (Å²) in [4.78, 5) is 8.55. The van der Waals surface area contributed by atoms with Crippen LogP contribution in [0.15, 0.2) is 32.2 Å². The van der Waals surface area contributed by atoms with E-state index in [1.54, 1.807) is 26.0 Å². The minimum Gasteiger partial charge on any atom is -0.471 e. The van der Waals surface area contributed by atoms with Crippen LogP contribution >= 0.6 is 31.9 Å². The number of nitrogens with zero attached hydrogens (tertiary/aromatic N) is 2. The molecule has 1 aromatic heterocycles. The molecule has 0 aliphatic heterocycles.